The molecule has 0 heterocycles. The zero-order valence-corrected chi connectivity index (χ0v) is 20.2. The standard InChI is InChI=1S/C26H44N2O3/c1-5-6-7-8-9-10-11-12-13-17-20-27-24(29)23(21-22-18-15-14-16-19-22)28-25(30)31-26(2,3)4/h14-16,18-19,23H,5-13,17,20-21H2,1-4H3,(H,27,29)(H,28,30)/t23-/m0/s1. The van der Waals surface area contributed by atoms with Crippen LogP contribution in [0.3, 0.4) is 0 Å². The van der Waals surface area contributed by atoms with Crippen LogP contribution in [-0.2, 0) is 16.0 Å². The van der Waals surface area contributed by atoms with Crippen molar-refractivity contribution in [3.05, 3.63) is 35.9 Å². The van der Waals surface area contributed by atoms with E-state index < -0.39 is 17.7 Å². The highest BCUT2D eigenvalue weighted by molar-refractivity contribution is 5.86. The van der Waals surface area contributed by atoms with Gasteiger partial charge in [-0.05, 0) is 32.8 Å². The molecule has 176 valence electrons. The Labute approximate surface area is 189 Å². The summed E-state index contributed by atoms with van der Waals surface area (Å²) in [6.45, 7) is 8.31. The quantitative estimate of drug-likeness (QED) is 0.326. The zero-order chi connectivity index (χ0) is 23.0. The van der Waals surface area contributed by atoms with Crippen LogP contribution in [0.5, 0.6) is 0 Å². The molecule has 0 unspecified atom stereocenters. The molecule has 1 rings (SSSR count). The summed E-state index contributed by atoms with van der Waals surface area (Å²) in [6.07, 6.45) is 12.5. The van der Waals surface area contributed by atoms with Crippen molar-refractivity contribution in [1.29, 1.82) is 0 Å². The summed E-state index contributed by atoms with van der Waals surface area (Å²) < 4.78 is 5.34. The number of rotatable bonds is 15. The molecule has 1 aromatic carbocycles. The molecule has 1 atom stereocenters. The second-order valence-electron chi connectivity index (χ2n) is 9.36. The number of benzene rings is 1. The second kappa shape index (κ2) is 15.7. The third kappa shape index (κ3) is 14.6. The van der Waals surface area contributed by atoms with Gasteiger partial charge in [-0.2, -0.15) is 0 Å². The fourth-order valence-electron chi connectivity index (χ4n) is 3.46. The van der Waals surface area contributed by atoms with Crippen LogP contribution in [0.2, 0.25) is 0 Å². The molecule has 2 amide bonds. The van der Waals surface area contributed by atoms with E-state index in [9.17, 15) is 9.59 Å². The largest absolute Gasteiger partial charge is 0.444 e. The molecule has 0 aromatic heterocycles. The van der Waals surface area contributed by atoms with Gasteiger partial charge in [0, 0.05) is 13.0 Å². The maximum Gasteiger partial charge on any atom is 0.408 e. The van der Waals surface area contributed by atoms with E-state index in [4.69, 9.17) is 4.74 Å². The Kier molecular flexibility index (Phi) is 13.7. The van der Waals surface area contributed by atoms with E-state index in [-0.39, 0.29) is 5.91 Å². The maximum atomic E-state index is 12.7. The van der Waals surface area contributed by atoms with Crippen molar-refractivity contribution in [2.24, 2.45) is 0 Å². The molecule has 0 spiro atoms. The summed E-state index contributed by atoms with van der Waals surface area (Å²) >= 11 is 0. The van der Waals surface area contributed by atoms with E-state index in [0.717, 1.165) is 18.4 Å². The topological polar surface area (TPSA) is 67.4 Å². The summed E-state index contributed by atoms with van der Waals surface area (Å²) in [5.74, 6) is -0.161. The average Bonchev–Trinajstić information content (AvgIpc) is 2.70. The first-order valence-corrected chi connectivity index (χ1v) is 12.1. The van der Waals surface area contributed by atoms with Crippen molar-refractivity contribution >= 4 is 12.0 Å². The molecule has 0 bridgehead atoms. The number of nitrogens with one attached hydrogen (secondary N) is 2. The van der Waals surface area contributed by atoms with Crippen LogP contribution < -0.4 is 10.6 Å². The highest BCUT2D eigenvalue weighted by Crippen LogP contribution is 2.11. The number of carbonyl (C=O) groups is 2. The van der Waals surface area contributed by atoms with Gasteiger partial charge in [-0.25, -0.2) is 4.79 Å². The second-order valence-corrected chi connectivity index (χ2v) is 9.36. The van der Waals surface area contributed by atoms with Crippen molar-refractivity contribution in [3.8, 4) is 0 Å². The van der Waals surface area contributed by atoms with Crippen molar-refractivity contribution in [3.63, 3.8) is 0 Å². The lowest BCUT2D eigenvalue weighted by Gasteiger charge is -2.23. The molecular weight excluding hydrogens is 388 g/mol. The van der Waals surface area contributed by atoms with Crippen molar-refractivity contribution < 1.29 is 14.3 Å². The minimum atomic E-state index is -0.652. The van der Waals surface area contributed by atoms with E-state index in [2.05, 4.69) is 17.6 Å². The SMILES string of the molecule is CCCCCCCCCCCCNC(=O)[C@H](Cc1ccccc1)NC(=O)OC(C)(C)C. The highest BCUT2D eigenvalue weighted by Gasteiger charge is 2.24. The van der Waals surface area contributed by atoms with Gasteiger partial charge in [-0.3, -0.25) is 4.79 Å². The van der Waals surface area contributed by atoms with Crippen LogP contribution in [0.25, 0.3) is 0 Å². The molecule has 5 nitrogen and oxygen atoms in total. The van der Waals surface area contributed by atoms with Crippen LogP contribution in [0.1, 0.15) is 97.5 Å². The molecule has 31 heavy (non-hydrogen) atoms. The van der Waals surface area contributed by atoms with Gasteiger partial charge >= 0.3 is 6.09 Å². The van der Waals surface area contributed by atoms with Gasteiger partial charge in [0.05, 0.1) is 0 Å². The minimum Gasteiger partial charge on any atom is -0.444 e. The molecule has 0 aliphatic rings. The Balaban J connectivity index is 2.34. The molecule has 0 aliphatic heterocycles. The van der Waals surface area contributed by atoms with Crippen molar-refractivity contribution in [2.75, 3.05) is 6.54 Å². The molecule has 0 saturated heterocycles. The van der Waals surface area contributed by atoms with Gasteiger partial charge in [0.2, 0.25) is 5.91 Å². The number of hydrogen-bond donors (Lipinski definition) is 2. The van der Waals surface area contributed by atoms with Crippen LogP contribution in [-0.4, -0.2) is 30.2 Å². The van der Waals surface area contributed by atoms with E-state index in [1.807, 2.05) is 51.1 Å². The number of alkyl carbamates (subject to hydrolysis) is 1. The molecule has 2 N–H and O–H groups in total. The molecule has 0 fully saturated rings. The lowest BCUT2D eigenvalue weighted by Crippen LogP contribution is -2.49. The molecule has 0 aliphatic carbocycles. The highest BCUT2D eigenvalue weighted by atomic mass is 16.6. The van der Waals surface area contributed by atoms with Crippen LogP contribution in [0.4, 0.5) is 4.79 Å². The Morgan fingerprint density at radius 1 is 0.871 bits per heavy atom. The van der Waals surface area contributed by atoms with Crippen LogP contribution in [0.15, 0.2) is 30.3 Å². The average molecular weight is 433 g/mol. The summed E-state index contributed by atoms with van der Waals surface area (Å²) in [5.41, 5.74) is 0.395. The number of ether oxygens (including phenoxy) is 1. The first kappa shape index (κ1) is 27.0. The molecule has 5 heteroatoms. The van der Waals surface area contributed by atoms with E-state index in [1.165, 1.54) is 51.4 Å². The Morgan fingerprint density at radius 3 is 1.97 bits per heavy atom. The Morgan fingerprint density at radius 2 is 1.42 bits per heavy atom. The Bertz CT molecular complexity index is 611. The molecule has 0 radical (unpaired) electrons. The van der Waals surface area contributed by atoms with Gasteiger partial charge in [-0.15, -0.1) is 0 Å². The van der Waals surface area contributed by atoms with Gasteiger partial charge in [0.25, 0.3) is 0 Å². The lowest BCUT2D eigenvalue weighted by atomic mass is 10.0. The molecule has 0 saturated carbocycles. The monoisotopic (exact) mass is 432 g/mol. The number of amides is 2. The summed E-state index contributed by atoms with van der Waals surface area (Å²) in [4.78, 5) is 24.9. The normalized spacial score (nSPS) is 12.3. The van der Waals surface area contributed by atoms with Crippen LogP contribution in [0, 0.1) is 0 Å². The van der Waals surface area contributed by atoms with Gasteiger partial charge in [0.15, 0.2) is 0 Å². The summed E-state index contributed by atoms with van der Waals surface area (Å²) in [7, 11) is 0. The van der Waals surface area contributed by atoms with Crippen molar-refractivity contribution in [2.45, 2.75) is 110 Å². The van der Waals surface area contributed by atoms with Crippen LogP contribution >= 0.6 is 0 Å². The Hall–Kier alpha value is -2.04. The smallest absolute Gasteiger partial charge is 0.408 e. The fraction of sp³-hybridized carbons (Fsp3) is 0.692. The third-order valence-corrected chi connectivity index (χ3v) is 5.12. The number of unbranched alkanes of at least 4 members (excludes halogenated alkanes) is 9. The predicted molar refractivity (Wildman–Crippen MR) is 128 cm³/mol. The van der Waals surface area contributed by atoms with Gasteiger partial charge in [-0.1, -0.05) is 95.0 Å². The first-order chi connectivity index (χ1) is 14.8. The predicted octanol–water partition coefficient (Wildman–Crippen LogP) is 6.16. The van der Waals surface area contributed by atoms with Crippen molar-refractivity contribution in [1.82, 2.24) is 10.6 Å². The lowest BCUT2D eigenvalue weighted by molar-refractivity contribution is -0.123. The maximum absolute atomic E-state index is 12.7. The number of carbonyl (C=O) groups excluding carboxylic acids is 2. The first-order valence-electron chi connectivity index (χ1n) is 12.1. The van der Waals surface area contributed by atoms with Gasteiger partial charge in [0.1, 0.15) is 11.6 Å². The molecular formula is C26H44N2O3. The van der Waals surface area contributed by atoms with E-state index in [1.54, 1.807) is 0 Å². The van der Waals surface area contributed by atoms with E-state index >= 15 is 0 Å². The number of hydrogen-bond acceptors (Lipinski definition) is 3. The zero-order valence-electron chi connectivity index (χ0n) is 20.2. The minimum absolute atomic E-state index is 0.161. The fourth-order valence-corrected chi connectivity index (χ4v) is 3.46. The molecule has 1 aromatic rings. The van der Waals surface area contributed by atoms with Gasteiger partial charge < -0.3 is 15.4 Å². The van der Waals surface area contributed by atoms with E-state index in [0.29, 0.717) is 13.0 Å². The summed E-state index contributed by atoms with van der Waals surface area (Å²) in [6, 6.07) is 9.06. The third-order valence-electron chi connectivity index (χ3n) is 5.12. The summed E-state index contributed by atoms with van der Waals surface area (Å²) in [5, 5.41) is 5.73.